The van der Waals surface area contributed by atoms with E-state index in [9.17, 15) is 9.59 Å². The monoisotopic (exact) mass is 196 g/mol. The number of ketones is 1. The van der Waals surface area contributed by atoms with Crippen LogP contribution in [0.5, 0.6) is 0 Å². The third-order valence-corrected chi connectivity index (χ3v) is 2.19. The zero-order chi connectivity index (χ0) is 10.6. The molecule has 0 spiro atoms. The van der Waals surface area contributed by atoms with Crippen LogP contribution < -0.4 is 0 Å². The highest BCUT2D eigenvalue weighted by molar-refractivity contribution is 5.77. The second-order valence-electron chi connectivity index (χ2n) is 3.41. The maximum absolute atomic E-state index is 10.9. The minimum Gasteiger partial charge on any atom is -0.300 e. The smallest absolute Gasteiger partial charge is 0.142 e. The summed E-state index contributed by atoms with van der Waals surface area (Å²) in [5.74, 6) is 0.367. The van der Waals surface area contributed by atoms with E-state index in [1.54, 1.807) is 6.08 Å². The third-order valence-electron chi connectivity index (χ3n) is 2.19. The SMILES string of the molecule is CCC(=O)CCCCCCC=CC=O. The normalized spacial score (nSPS) is 10.6. The number of Topliss-reactive ketones (excluding diaryl/α,β-unsaturated/α-hetero) is 1. The summed E-state index contributed by atoms with van der Waals surface area (Å²) in [6.07, 6.45) is 11.0. The molecule has 0 rings (SSSR count). The van der Waals surface area contributed by atoms with E-state index in [0.717, 1.165) is 44.8 Å². The standard InChI is InChI=1S/C12H20O2/c1-2-12(14)10-8-6-4-3-5-7-9-11-13/h7,9,11H,2-6,8,10H2,1H3. The van der Waals surface area contributed by atoms with Gasteiger partial charge in [0.2, 0.25) is 0 Å². The van der Waals surface area contributed by atoms with Crippen molar-refractivity contribution in [1.29, 1.82) is 0 Å². The van der Waals surface area contributed by atoms with Crippen molar-refractivity contribution in [2.75, 3.05) is 0 Å². The first-order valence-electron chi connectivity index (χ1n) is 5.43. The lowest BCUT2D eigenvalue weighted by Crippen LogP contribution is -1.93. The van der Waals surface area contributed by atoms with Crippen LogP contribution in [0.2, 0.25) is 0 Å². The molecule has 0 aromatic carbocycles. The van der Waals surface area contributed by atoms with E-state index in [0.29, 0.717) is 12.2 Å². The van der Waals surface area contributed by atoms with Crippen LogP contribution in [0.1, 0.15) is 51.9 Å². The van der Waals surface area contributed by atoms with Crippen LogP contribution in [0.15, 0.2) is 12.2 Å². The van der Waals surface area contributed by atoms with Crippen LogP contribution in [0, 0.1) is 0 Å². The van der Waals surface area contributed by atoms with Crippen molar-refractivity contribution < 1.29 is 9.59 Å². The predicted molar refractivity (Wildman–Crippen MR) is 58.2 cm³/mol. The Morgan fingerprint density at radius 2 is 1.86 bits per heavy atom. The summed E-state index contributed by atoms with van der Waals surface area (Å²) in [7, 11) is 0. The van der Waals surface area contributed by atoms with Crippen molar-refractivity contribution in [2.24, 2.45) is 0 Å². The summed E-state index contributed by atoms with van der Waals surface area (Å²) in [6, 6.07) is 0. The van der Waals surface area contributed by atoms with Gasteiger partial charge in [0.25, 0.3) is 0 Å². The van der Waals surface area contributed by atoms with Gasteiger partial charge in [0.05, 0.1) is 0 Å². The molecule has 0 unspecified atom stereocenters. The Kier molecular flexibility index (Phi) is 9.49. The van der Waals surface area contributed by atoms with E-state index in [4.69, 9.17) is 0 Å². The first-order chi connectivity index (χ1) is 6.81. The number of unbranched alkanes of at least 4 members (excludes halogenated alkanes) is 4. The van der Waals surface area contributed by atoms with Crippen molar-refractivity contribution >= 4 is 12.1 Å². The largest absolute Gasteiger partial charge is 0.300 e. The van der Waals surface area contributed by atoms with Crippen LogP contribution in [0.25, 0.3) is 0 Å². The molecule has 0 saturated heterocycles. The second-order valence-corrected chi connectivity index (χ2v) is 3.41. The first kappa shape index (κ1) is 13.1. The van der Waals surface area contributed by atoms with Gasteiger partial charge in [-0.25, -0.2) is 0 Å². The fourth-order valence-electron chi connectivity index (χ4n) is 1.27. The van der Waals surface area contributed by atoms with E-state index in [1.165, 1.54) is 0 Å². The number of carbonyl (C=O) groups is 2. The van der Waals surface area contributed by atoms with E-state index in [1.807, 2.05) is 13.0 Å². The Morgan fingerprint density at radius 3 is 2.50 bits per heavy atom. The highest BCUT2D eigenvalue weighted by Gasteiger charge is 1.96. The van der Waals surface area contributed by atoms with E-state index < -0.39 is 0 Å². The molecule has 0 fully saturated rings. The predicted octanol–water partition coefficient (Wildman–Crippen LogP) is 3.06. The van der Waals surface area contributed by atoms with Gasteiger partial charge in [-0.15, -0.1) is 0 Å². The Labute approximate surface area is 86.4 Å². The maximum atomic E-state index is 10.9. The second kappa shape index (κ2) is 10.2. The summed E-state index contributed by atoms with van der Waals surface area (Å²) < 4.78 is 0. The van der Waals surface area contributed by atoms with E-state index >= 15 is 0 Å². The van der Waals surface area contributed by atoms with Gasteiger partial charge in [0.15, 0.2) is 0 Å². The van der Waals surface area contributed by atoms with Gasteiger partial charge < -0.3 is 0 Å². The lowest BCUT2D eigenvalue weighted by atomic mass is 10.1. The Balaban J connectivity index is 3.10. The molecule has 2 heteroatoms. The number of carbonyl (C=O) groups excluding carboxylic acids is 2. The van der Waals surface area contributed by atoms with Gasteiger partial charge in [0, 0.05) is 12.8 Å². The molecule has 0 aliphatic heterocycles. The molecule has 2 nitrogen and oxygen atoms in total. The van der Waals surface area contributed by atoms with Crippen LogP contribution in [0.4, 0.5) is 0 Å². The topological polar surface area (TPSA) is 34.1 Å². The number of aldehydes is 1. The summed E-state index contributed by atoms with van der Waals surface area (Å²) in [4.78, 5) is 20.9. The van der Waals surface area contributed by atoms with Gasteiger partial charge in [0.1, 0.15) is 12.1 Å². The Hall–Kier alpha value is -0.920. The zero-order valence-corrected chi connectivity index (χ0v) is 9.00. The molecule has 80 valence electrons. The molecule has 0 radical (unpaired) electrons. The molecule has 0 N–H and O–H groups in total. The van der Waals surface area contributed by atoms with Crippen LogP contribution in [-0.2, 0) is 9.59 Å². The summed E-state index contributed by atoms with van der Waals surface area (Å²) in [5.41, 5.74) is 0. The van der Waals surface area contributed by atoms with Crippen molar-refractivity contribution in [3.63, 3.8) is 0 Å². The van der Waals surface area contributed by atoms with Crippen LogP contribution in [-0.4, -0.2) is 12.1 Å². The summed E-state index contributed by atoms with van der Waals surface area (Å²) in [6.45, 7) is 1.91. The molecule has 0 atom stereocenters. The molecular formula is C12H20O2. The lowest BCUT2D eigenvalue weighted by molar-refractivity contribution is -0.118. The number of hydrogen-bond acceptors (Lipinski definition) is 2. The first-order valence-corrected chi connectivity index (χ1v) is 5.43. The molecule has 0 heterocycles. The number of rotatable bonds is 9. The zero-order valence-electron chi connectivity index (χ0n) is 9.00. The van der Waals surface area contributed by atoms with Gasteiger partial charge in [-0.3, -0.25) is 9.59 Å². The average molecular weight is 196 g/mol. The third kappa shape index (κ3) is 9.17. The molecule has 0 amide bonds. The number of allylic oxidation sites excluding steroid dienone is 2. The minimum atomic E-state index is 0.367. The minimum absolute atomic E-state index is 0.367. The van der Waals surface area contributed by atoms with Crippen molar-refractivity contribution in [2.45, 2.75) is 51.9 Å². The van der Waals surface area contributed by atoms with Crippen molar-refractivity contribution in [3.05, 3.63) is 12.2 Å². The molecule has 0 aromatic heterocycles. The summed E-state index contributed by atoms with van der Waals surface area (Å²) >= 11 is 0. The van der Waals surface area contributed by atoms with Crippen LogP contribution in [0.3, 0.4) is 0 Å². The van der Waals surface area contributed by atoms with Crippen molar-refractivity contribution in [3.8, 4) is 0 Å². The molecule has 0 saturated carbocycles. The Morgan fingerprint density at radius 1 is 1.14 bits per heavy atom. The van der Waals surface area contributed by atoms with Crippen molar-refractivity contribution in [1.82, 2.24) is 0 Å². The highest BCUT2D eigenvalue weighted by atomic mass is 16.1. The number of hydrogen-bond donors (Lipinski definition) is 0. The molecular weight excluding hydrogens is 176 g/mol. The molecule has 0 aliphatic rings. The van der Waals surface area contributed by atoms with Gasteiger partial charge in [-0.2, -0.15) is 0 Å². The average Bonchev–Trinajstić information content (AvgIpc) is 2.21. The molecule has 14 heavy (non-hydrogen) atoms. The fourth-order valence-corrected chi connectivity index (χ4v) is 1.27. The fraction of sp³-hybridized carbons (Fsp3) is 0.667. The highest BCUT2D eigenvalue weighted by Crippen LogP contribution is 2.06. The Bertz CT molecular complexity index is 183. The van der Waals surface area contributed by atoms with Gasteiger partial charge in [-0.05, 0) is 25.3 Å². The molecule has 0 bridgehead atoms. The lowest BCUT2D eigenvalue weighted by Gasteiger charge is -1.98. The molecule has 0 aliphatic carbocycles. The van der Waals surface area contributed by atoms with E-state index in [-0.39, 0.29) is 0 Å². The maximum Gasteiger partial charge on any atom is 0.142 e. The van der Waals surface area contributed by atoms with Crippen LogP contribution >= 0.6 is 0 Å². The molecule has 0 aromatic rings. The quantitative estimate of drug-likeness (QED) is 0.322. The van der Waals surface area contributed by atoms with Gasteiger partial charge >= 0.3 is 0 Å². The van der Waals surface area contributed by atoms with E-state index in [2.05, 4.69) is 0 Å². The van der Waals surface area contributed by atoms with Gasteiger partial charge in [-0.1, -0.05) is 25.8 Å². The summed E-state index contributed by atoms with van der Waals surface area (Å²) in [5, 5.41) is 0.